The van der Waals surface area contributed by atoms with Gasteiger partial charge in [0.25, 0.3) is 0 Å². The molecule has 15 heavy (non-hydrogen) atoms. The number of nitrogens with two attached hydrogens (primary N) is 1. The summed E-state index contributed by atoms with van der Waals surface area (Å²) in [6, 6.07) is 0. The molecule has 0 spiro atoms. The molecule has 0 bridgehead atoms. The van der Waals surface area contributed by atoms with Crippen LogP contribution in [0.3, 0.4) is 0 Å². The molecule has 0 aliphatic carbocycles. The van der Waals surface area contributed by atoms with Gasteiger partial charge in [-0.25, -0.2) is 9.97 Å². The monoisotopic (exact) mass is 206 g/mol. The fraction of sp³-hybridized carbons (Fsp3) is 0.636. The number of hydrogen-bond acceptors (Lipinski definition) is 4. The molecule has 1 aromatic heterocycles. The molecular weight excluding hydrogens is 188 g/mol. The lowest BCUT2D eigenvalue weighted by molar-refractivity contribution is 0.494. The van der Waals surface area contributed by atoms with E-state index in [2.05, 4.69) is 28.7 Å². The van der Waals surface area contributed by atoms with E-state index in [9.17, 15) is 0 Å². The number of nitrogens with zero attached hydrogens (tertiary/aromatic N) is 3. The molecule has 2 unspecified atom stereocenters. The summed E-state index contributed by atoms with van der Waals surface area (Å²) in [5.41, 5.74) is 6.78. The number of anilines is 2. The maximum Gasteiger partial charge on any atom is 0.137 e. The summed E-state index contributed by atoms with van der Waals surface area (Å²) in [7, 11) is 0. The van der Waals surface area contributed by atoms with Crippen LogP contribution in [0.2, 0.25) is 0 Å². The van der Waals surface area contributed by atoms with Crippen molar-refractivity contribution in [2.45, 2.75) is 20.8 Å². The second kappa shape index (κ2) is 3.68. The van der Waals surface area contributed by atoms with Gasteiger partial charge in [-0.3, -0.25) is 0 Å². The quantitative estimate of drug-likeness (QED) is 0.755. The molecule has 2 rings (SSSR count). The van der Waals surface area contributed by atoms with Crippen molar-refractivity contribution in [3.63, 3.8) is 0 Å². The Morgan fingerprint density at radius 3 is 2.47 bits per heavy atom. The Kier molecular flexibility index (Phi) is 2.50. The predicted octanol–water partition coefficient (Wildman–Crippen LogP) is 1.46. The van der Waals surface area contributed by atoms with E-state index < -0.39 is 0 Å². The van der Waals surface area contributed by atoms with E-state index in [1.54, 1.807) is 6.33 Å². The minimum atomic E-state index is 0.590. The van der Waals surface area contributed by atoms with Crippen molar-refractivity contribution in [3.8, 4) is 0 Å². The van der Waals surface area contributed by atoms with Gasteiger partial charge in [0.1, 0.15) is 18.0 Å². The third kappa shape index (κ3) is 1.76. The lowest BCUT2D eigenvalue weighted by atomic mass is 10.0. The Morgan fingerprint density at radius 2 is 1.87 bits per heavy atom. The summed E-state index contributed by atoms with van der Waals surface area (Å²) in [5, 5.41) is 0. The summed E-state index contributed by atoms with van der Waals surface area (Å²) in [6.45, 7) is 8.68. The summed E-state index contributed by atoms with van der Waals surface area (Å²) in [4.78, 5) is 10.6. The molecule has 82 valence electrons. The summed E-state index contributed by atoms with van der Waals surface area (Å²) in [5.74, 6) is 3.03. The topological polar surface area (TPSA) is 55.0 Å². The van der Waals surface area contributed by atoms with E-state index in [4.69, 9.17) is 5.73 Å². The molecule has 2 heterocycles. The van der Waals surface area contributed by atoms with E-state index in [-0.39, 0.29) is 0 Å². The van der Waals surface area contributed by atoms with E-state index in [0.29, 0.717) is 5.82 Å². The molecule has 2 atom stereocenters. The zero-order chi connectivity index (χ0) is 11.0. The van der Waals surface area contributed by atoms with Gasteiger partial charge in [-0.05, 0) is 18.8 Å². The first-order valence-corrected chi connectivity index (χ1v) is 5.41. The van der Waals surface area contributed by atoms with Crippen molar-refractivity contribution in [1.29, 1.82) is 0 Å². The molecule has 4 heteroatoms. The highest BCUT2D eigenvalue weighted by Gasteiger charge is 2.28. The first kappa shape index (κ1) is 10.2. The van der Waals surface area contributed by atoms with Gasteiger partial charge < -0.3 is 10.6 Å². The Labute approximate surface area is 90.5 Å². The number of nitrogen functional groups attached to an aromatic ring is 1. The summed E-state index contributed by atoms with van der Waals surface area (Å²) < 4.78 is 0. The Bertz CT molecular complexity index is 354. The van der Waals surface area contributed by atoms with Gasteiger partial charge in [0.15, 0.2) is 0 Å². The molecule has 1 aromatic rings. The van der Waals surface area contributed by atoms with Gasteiger partial charge in [0.05, 0.1) is 0 Å². The smallest absolute Gasteiger partial charge is 0.137 e. The van der Waals surface area contributed by atoms with Gasteiger partial charge >= 0.3 is 0 Å². The molecule has 0 radical (unpaired) electrons. The van der Waals surface area contributed by atoms with E-state index in [1.165, 1.54) is 0 Å². The molecule has 0 aromatic carbocycles. The van der Waals surface area contributed by atoms with Gasteiger partial charge in [-0.15, -0.1) is 0 Å². The van der Waals surface area contributed by atoms with Crippen molar-refractivity contribution in [2.24, 2.45) is 11.8 Å². The van der Waals surface area contributed by atoms with Crippen LogP contribution in [0.15, 0.2) is 6.33 Å². The SMILES string of the molecule is Cc1c(N)ncnc1N1CC(C)C(C)C1. The van der Waals surface area contributed by atoms with Crippen molar-refractivity contribution in [1.82, 2.24) is 9.97 Å². The minimum Gasteiger partial charge on any atom is -0.383 e. The highest BCUT2D eigenvalue weighted by atomic mass is 15.2. The normalized spacial score (nSPS) is 25.9. The fourth-order valence-corrected chi connectivity index (χ4v) is 2.08. The van der Waals surface area contributed by atoms with Crippen LogP contribution in [0.5, 0.6) is 0 Å². The first-order chi connectivity index (χ1) is 7.09. The van der Waals surface area contributed by atoms with E-state index >= 15 is 0 Å². The largest absolute Gasteiger partial charge is 0.383 e. The zero-order valence-corrected chi connectivity index (χ0v) is 9.57. The average Bonchev–Trinajstić information content (AvgIpc) is 2.51. The molecule has 4 nitrogen and oxygen atoms in total. The highest BCUT2D eigenvalue weighted by molar-refractivity contribution is 5.56. The Balaban J connectivity index is 2.27. The zero-order valence-electron chi connectivity index (χ0n) is 9.57. The van der Waals surface area contributed by atoms with E-state index in [0.717, 1.165) is 36.3 Å². The number of aromatic nitrogens is 2. The third-order valence-corrected chi connectivity index (χ3v) is 3.38. The average molecular weight is 206 g/mol. The Morgan fingerprint density at radius 1 is 1.27 bits per heavy atom. The first-order valence-electron chi connectivity index (χ1n) is 5.41. The van der Waals surface area contributed by atoms with Gasteiger partial charge in [0, 0.05) is 18.7 Å². The molecule has 1 saturated heterocycles. The van der Waals surface area contributed by atoms with Crippen LogP contribution in [-0.2, 0) is 0 Å². The molecule has 1 aliphatic rings. The van der Waals surface area contributed by atoms with Crippen molar-refractivity contribution < 1.29 is 0 Å². The number of hydrogen-bond donors (Lipinski definition) is 1. The standard InChI is InChI=1S/C11H18N4/c1-7-4-15(5-8(7)2)11-9(3)10(12)13-6-14-11/h6-8H,4-5H2,1-3H3,(H2,12,13,14). The van der Waals surface area contributed by atoms with Crippen molar-refractivity contribution >= 4 is 11.6 Å². The number of rotatable bonds is 1. The van der Waals surface area contributed by atoms with Crippen LogP contribution in [0.25, 0.3) is 0 Å². The Hall–Kier alpha value is -1.32. The lowest BCUT2D eigenvalue weighted by Gasteiger charge is -2.19. The second-order valence-corrected chi connectivity index (χ2v) is 4.57. The minimum absolute atomic E-state index is 0.590. The fourth-order valence-electron chi connectivity index (χ4n) is 2.08. The summed E-state index contributed by atoms with van der Waals surface area (Å²) in [6.07, 6.45) is 1.55. The lowest BCUT2D eigenvalue weighted by Crippen LogP contribution is -2.22. The van der Waals surface area contributed by atoms with Crippen LogP contribution in [0.1, 0.15) is 19.4 Å². The van der Waals surface area contributed by atoms with Gasteiger partial charge in [-0.2, -0.15) is 0 Å². The van der Waals surface area contributed by atoms with Crippen molar-refractivity contribution in [2.75, 3.05) is 23.7 Å². The third-order valence-electron chi connectivity index (χ3n) is 3.38. The van der Waals surface area contributed by atoms with Crippen LogP contribution in [0.4, 0.5) is 11.6 Å². The van der Waals surface area contributed by atoms with Gasteiger partial charge in [-0.1, -0.05) is 13.8 Å². The maximum atomic E-state index is 5.78. The molecule has 0 saturated carbocycles. The van der Waals surface area contributed by atoms with Gasteiger partial charge in [0.2, 0.25) is 0 Å². The van der Waals surface area contributed by atoms with Crippen LogP contribution in [0, 0.1) is 18.8 Å². The second-order valence-electron chi connectivity index (χ2n) is 4.57. The van der Waals surface area contributed by atoms with Crippen LogP contribution >= 0.6 is 0 Å². The van der Waals surface area contributed by atoms with Crippen LogP contribution < -0.4 is 10.6 Å². The predicted molar refractivity (Wildman–Crippen MR) is 61.7 cm³/mol. The maximum absolute atomic E-state index is 5.78. The molecule has 1 fully saturated rings. The molecule has 1 aliphatic heterocycles. The molecule has 0 amide bonds. The summed E-state index contributed by atoms with van der Waals surface area (Å²) >= 11 is 0. The van der Waals surface area contributed by atoms with Crippen LogP contribution in [-0.4, -0.2) is 23.1 Å². The molecule has 2 N–H and O–H groups in total. The van der Waals surface area contributed by atoms with E-state index in [1.807, 2.05) is 6.92 Å². The highest BCUT2D eigenvalue weighted by Crippen LogP contribution is 2.29. The van der Waals surface area contributed by atoms with Crippen molar-refractivity contribution in [3.05, 3.63) is 11.9 Å². The molecular formula is C11H18N4.